The Bertz CT molecular complexity index is 439. The number of nitrogens with one attached hydrogen (secondary N) is 2. The summed E-state index contributed by atoms with van der Waals surface area (Å²) >= 11 is 0. The summed E-state index contributed by atoms with van der Waals surface area (Å²) in [4.78, 5) is 13.2. The van der Waals surface area contributed by atoms with E-state index in [0.717, 1.165) is 38.2 Å². The summed E-state index contributed by atoms with van der Waals surface area (Å²) in [5.41, 5.74) is 1.26. The molecule has 21 heavy (non-hydrogen) atoms. The van der Waals surface area contributed by atoms with Gasteiger partial charge in [-0.15, -0.1) is 0 Å². The molecule has 0 spiro atoms. The fourth-order valence-corrected chi connectivity index (χ4v) is 2.65. The summed E-state index contributed by atoms with van der Waals surface area (Å²) in [7, 11) is 1.69. The molecule has 5 heteroatoms. The molecule has 5 nitrogen and oxygen atoms in total. The highest BCUT2D eigenvalue weighted by atomic mass is 16.5. The zero-order valence-electron chi connectivity index (χ0n) is 12.9. The van der Waals surface area contributed by atoms with Crippen LogP contribution in [0.4, 0.5) is 5.69 Å². The van der Waals surface area contributed by atoms with Gasteiger partial charge in [-0.05, 0) is 37.1 Å². The molecule has 0 saturated carbocycles. The topological polar surface area (TPSA) is 53.6 Å². The number of hydrogen-bond donors (Lipinski definition) is 2. The lowest BCUT2D eigenvalue weighted by molar-refractivity contribution is -0.118. The molecule has 1 fully saturated rings. The molecule has 2 N–H and O–H groups in total. The summed E-state index contributed by atoms with van der Waals surface area (Å²) in [6, 6.07) is 8.79. The maximum Gasteiger partial charge on any atom is 0.216 e. The van der Waals surface area contributed by atoms with Crippen LogP contribution in [0.25, 0.3) is 0 Å². The smallest absolute Gasteiger partial charge is 0.216 e. The molecule has 1 aliphatic rings. The Kier molecular flexibility index (Phi) is 5.87. The molecule has 0 radical (unpaired) electrons. The Hall–Kier alpha value is -1.75. The number of anilines is 1. The van der Waals surface area contributed by atoms with Gasteiger partial charge < -0.3 is 20.3 Å². The van der Waals surface area contributed by atoms with Gasteiger partial charge in [-0.2, -0.15) is 0 Å². The second-order valence-corrected chi connectivity index (χ2v) is 5.40. The zero-order chi connectivity index (χ0) is 15.1. The molecule has 0 atom stereocenters. The van der Waals surface area contributed by atoms with Gasteiger partial charge in [0.1, 0.15) is 5.75 Å². The minimum absolute atomic E-state index is 0.0334. The summed E-state index contributed by atoms with van der Waals surface area (Å²) in [5.74, 6) is 0.930. The van der Waals surface area contributed by atoms with E-state index < -0.39 is 0 Å². The molecule has 0 unspecified atom stereocenters. The summed E-state index contributed by atoms with van der Waals surface area (Å²) in [6.07, 6.45) is 2.26. The number of amides is 1. The summed E-state index contributed by atoms with van der Waals surface area (Å²) in [6.45, 7) is 5.21. The van der Waals surface area contributed by atoms with Crippen LogP contribution in [-0.4, -0.2) is 45.2 Å². The molecule has 116 valence electrons. The van der Waals surface area contributed by atoms with Crippen molar-refractivity contribution in [1.82, 2.24) is 10.6 Å². The van der Waals surface area contributed by atoms with Crippen LogP contribution in [-0.2, 0) is 4.79 Å². The first-order valence-electron chi connectivity index (χ1n) is 7.56. The number of ether oxygens (including phenoxy) is 1. The normalized spacial score (nSPS) is 15.8. The highest BCUT2D eigenvalue weighted by Crippen LogP contribution is 2.22. The third-order valence-corrected chi connectivity index (χ3v) is 3.86. The third kappa shape index (κ3) is 4.93. The number of methoxy groups -OCH3 is 1. The molecular formula is C16H25N3O2. The van der Waals surface area contributed by atoms with Crippen molar-refractivity contribution in [3.05, 3.63) is 24.3 Å². The van der Waals surface area contributed by atoms with Gasteiger partial charge in [-0.1, -0.05) is 0 Å². The van der Waals surface area contributed by atoms with Gasteiger partial charge in [0.15, 0.2) is 0 Å². The second-order valence-electron chi connectivity index (χ2n) is 5.40. The highest BCUT2D eigenvalue weighted by molar-refractivity contribution is 5.72. The van der Waals surface area contributed by atoms with E-state index in [4.69, 9.17) is 4.74 Å². The molecule has 2 rings (SSSR count). The first kappa shape index (κ1) is 15.6. The van der Waals surface area contributed by atoms with Crippen molar-refractivity contribution >= 4 is 11.6 Å². The number of benzene rings is 1. The largest absolute Gasteiger partial charge is 0.497 e. The van der Waals surface area contributed by atoms with Gasteiger partial charge in [-0.25, -0.2) is 0 Å². The van der Waals surface area contributed by atoms with Gasteiger partial charge in [-0.3, -0.25) is 4.79 Å². The lowest BCUT2D eigenvalue weighted by Crippen LogP contribution is -2.44. The lowest BCUT2D eigenvalue weighted by Gasteiger charge is -2.34. The van der Waals surface area contributed by atoms with Crippen LogP contribution in [0, 0.1) is 0 Å². The molecule has 0 aromatic heterocycles. The van der Waals surface area contributed by atoms with Crippen LogP contribution >= 0.6 is 0 Å². The fourth-order valence-electron chi connectivity index (χ4n) is 2.65. The standard InChI is InChI=1S/C16H25N3O2/c1-13(20)17-9-10-18-14-7-11-19(12-8-14)15-3-5-16(21-2)6-4-15/h3-6,14,18H,7-12H2,1-2H3,(H,17,20). The molecule has 1 amide bonds. The Morgan fingerprint density at radius 1 is 1.24 bits per heavy atom. The van der Waals surface area contributed by atoms with Crippen LogP contribution in [0.1, 0.15) is 19.8 Å². The number of carbonyl (C=O) groups excluding carboxylic acids is 1. The maximum absolute atomic E-state index is 10.8. The second kappa shape index (κ2) is 7.88. The van der Waals surface area contributed by atoms with Crippen LogP contribution in [0.5, 0.6) is 5.75 Å². The van der Waals surface area contributed by atoms with E-state index in [-0.39, 0.29) is 5.91 Å². The van der Waals surface area contributed by atoms with Crippen molar-refractivity contribution < 1.29 is 9.53 Å². The fraction of sp³-hybridized carbons (Fsp3) is 0.562. The van der Waals surface area contributed by atoms with Gasteiger partial charge in [0.25, 0.3) is 0 Å². The minimum atomic E-state index is 0.0334. The van der Waals surface area contributed by atoms with Gasteiger partial charge >= 0.3 is 0 Å². The van der Waals surface area contributed by atoms with Crippen LogP contribution in [0.3, 0.4) is 0 Å². The van der Waals surface area contributed by atoms with Crippen LogP contribution in [0.2, 0.25) is 0 Å². The quantitative estimate of drug-likeness (QED) is 0.778. The van der Waals surface area contributed by atoms with Crippen molar-refractivity contribution in [1.29, 1.82) is 0 Å². The van der Waals surface area contributed by atoms with E-state index >= 15 is 0 Å². The summed E-state index contributed by atoms with van der Waals surface area (Å²) < 4.78 is 5.19. The molecule has 1 heterocycles. The number of hydrogen-bond acceptors (Lipinski definition) is 4. The average Bonchev–Trinajstić information content (AvgIpc) is 2.52. The Balaban J connectivity index is 1.71. The number of rotatable bonds is 6. The third-order valence-electron chi connectivity index (χ3n) is 3.86. The molecule has 0 bridgehead atoms. The zero-order valence-corrected chi connectivity index (χ0v) is 12.9. The first-order chi connectivity index (χ1) is 10.2. The van der Waals surface area contributed by atoms with E-state index in [1.54, 1.807) is 14.0 Å². The summed E-state index contributed by atoms with van der Waals surface area (Å²) in [5, 5.41) is 6.31. The van der Waals surface area contributed by atoms with E-state index in [1.807, 2.05) is 12.1 Å². The molecule has 1 aromatic rings. The first-order valence-corrected chi connectivity index (χ1v) is 7.56. The van der Waals surface area contributed by atoms with Crippen molar-refractivity contribution in [2.45, 2.75) is 25.8 Å². The molecule has 1 saturated heterocycles. The average molecular weight is 291 g/mol. The maximum atomic E-state index is 10.8. The monoisotopic (exact) mass is 291 g/mol. The van der Waals surface area contributed by atoms with E-state index in [1.165, 1.54) is 5.69 Å². The Morgan fingerprint density at radius 2 is 1.90 bits per heavy atom. The van der Waals surface area contributed by atoms with E-state index in [2.05, 4.69) is 27.7 Å². The molecule has 1 aromatic carbocycles. The van der Waals surface area contributed by atoms with Crippen molar-refractivity contribution in [2.75, 3.05) is 38.2 Å². The Morgan fingerprint density at radius 3 is 2.48 bits per heavy atom. The molecule has 0 aliphatic carbocycles. The van der Waals surface area contributed by atoms with Crippen molar-refractivity contribution in [3.8, 4) is 5.75 Å². The van der Waals surface area contributed by atoms with Gasteiger partial charge in [0.2, 0.25) is 5.91 Å². The van der Waals surface area contributed by atoms with E-state index in [0.29, 0.717) is 12.6 Å². The van der Waals surface area contributed by atoms with Crippen LogP contribution in [0.15, 0.2) is 24.3 Å². The minimum Gasteiger partial charge on any atom is -0.497 e. The van der Waals surface area contributed by atoms with Crippen molar-refractivity contribution in [2.24, 2.45) is 0 Å². The van der Waals surface area contributed by atoms with E-state index in [9.17, 15) is 4.79 Å². The Labute approximate surface area is 126 Å². The van der Waals surface area contributed by atoms with Gasteiger partial charge in [0.05, 0.1) is 7.11 Å². The predicted octanol–water partition coefficient (Wildman–Crippen LogP) is 1.39. The molecular weight excluding hydrogens is 266 g/mol. The lowest BCUT2D eigenvalue weighted by atomic mass is 10.0. The number of nitrogens with zero attached hydrogens (tertiary/aromatic N) is 1. The molecule has 1 aliphatic heterocycles. The van der Waals surface area contributed by atoms with Crippen molar-refractivity contribution in [3.63, 3.8) is 0 Å². The van der Waals surface area contributed by atoms with Crippen LogP contribution < -0.4 is 20.3 Å². The SMILES string of the molecule is COc1ccc(N2CCC(NCCNC(C)=O)CC2)cc1. The van der Waals surface area contributed by atoms with Gasteiger partial charge in [0, 0.05) is 44.8 Å². The highest BCUT2D eigenvalue weighted by Gasteiger charge is 2.18. The number of carbonyl (C=O) groups is 1. The predicted molar refractivity (Wildman–Crippen MR) is 84.9 cm³/mol. The number of piperidine rings is 1.